The first kappa shape index (κ1) is 27.1. The minimum absolute atomic E-state index is 0.0228. The van der Waals surface area contributed by atoms with Crippen molar-refractivity contribution in [1.82, 2.24) is 5.32 Å². The second-order valence-corrected chi connectivity index (χ2v) is 9.66. The van der Waals surface area contributed by atoms with Gasteiger partial charge >= 0.3 is 6.03 Å². The Morgan fingerprint density at radius 1 is 1.13 bits per heavy atom. The van der Waals surface area contributed by atoms with Crippen LogP contribution in [-0.2, 0) is 16.2 Å². The third-order valence-corrected chi connectivity index (χ3v) is 6.89. The van der Waals surface area contributed by atoms with Gasteiger partial charge in [-0.2, -0.15) is 0 Å². The molecule has 1 N–H and O–H groups in total. The summed E-state index contributed by atoms with van der Waals surface area (Å²) in [5.41, 5.74) is 1.68. The Bertz CT molecular complexity index is 1510. The SMILES string of the molecule is COc1cc(/C=C2\C(=O)NC(=O)N(c3cccc(Cl)c3C)C2=O)cc(I)c1OCc1ccc([N+](=O)[O-])cc1. The van der Waals surface area contributed by atoms with Crippen LogP contribution in [0.15, 0.2) is 60.2 Å². The molecule has 12 heteroatoms. The molecule has 1 heterocycles. The first-order valence-electron chi connectivity index (χ1n) is 11.0. The van der Waals surface area contributed by atoms with Crippen LogP contribution in [0.25, 0.3) is 6.08 Å². The van der Waals surface area contributed by atoms with Crippen LogP contribution in [0, 0.1) is 20.6 Å². The number of non-ortho nitro benzene ring substituents is 1. The van der Waals surface area contributed by atoms with Crippen LogP contribution < -0.4 is 19.7 Å². The average Bonchev–Trinajstić information content (AvgIpc) is 2.88. The van der Waals surface area contributed by atoms with E-state index < -0.39 is 22.8 Å². The van der Waals surface area contributed by atoms with Gasteiger partial charge in [-0.3, -0.25) is 25.0 Å². The molecule has 194 valence electrons. The van der Waals surface area contributed by atoms with Gasteiger partial charge in [-0.05, 0) is 88.7 Å². The van der Waals surface area contributed by atoms with E-state index in [9.17, 15) is 24.5 Å². The molecule has 3 aromatic rings. The van der Waals surface area contributed by atoms with E-state index in [1.165, 1.54) is 25.3 Å². The van der Waals surface area contributed by atoms with Gasteiger partial charge in [0.2, 0.25) is 0 Å². The summed E-state index contributed by atoms with van der Waals surface area (Å²) in [6.07, 6.45) is 1.36. The van der Waals surface area contributed by atoms with Crippen LogP contribution in [0.4, 0.5) is 16.2 Å². The fourth-order valence-electron chi connectivity index (χ4n) is 3.71. The van der Waals surface area contributed by atoms with Crippen molar-refractivity contribution in [3.8, 4) is 11.5 Å². The van der Waals surface area contributed by atoms with Gasteiger partial charge in [-0.15, -0.1) is 0 Å². The summed E-state index contributed by atoms with van der Waals surface area (Å²) in [7, 11) is 1.45. The van der Waals surface area contributed by atoms with Gasteiger partial charge in [0.15, 0.2) is 11.5 Å². The number of nitro groups is 1. The maximum absolute atomic E-state index is 13.3. The molecule has 0 radical (unpaired) electrons. The molecule has 38 heavy (non-hydrogen) atoms. The molecule has 0 aromatic heterocycles. The molecule has 0 aliphatic carbocycles. The molecule has 4 amide bonds. The standard InChI is InChI=1S/C26H19ClIN3O7/c1-14-19(27)4-3-5-21(14)30-25(33)18(24(32)29-26(30)34)10-16-11-20(28)23(22(12-16)37-2)38-13-15-6-8-17(9-7-15)31(35)36/h3-12H,13H2,1-2H3,(H,29,32,34)/b18-10+. The Hall–Kier alpha value is -3.97. The number of anilines is 1. The van der Waals surface area contributed by atoms with E-state index in [0.29, 0.717) is 36.8 Å². The zero-order chi connectivity index (χ0) is 27.6. The van der Waals surface area contributed by atoms with Crippen molar-refractivity contribution in [3.05, 3.63) is 95.6 Å². The Morgan fingerprint density at radius 3 is 2.50 bits per heavy atom. The molecule has 3 aromatic carbocycles. The van der Waals surface area contributed by atoms with Crippen LogP contribution >= 0.6 is 34.2 Å². The van der Waals surface area contributed by atoms with E-state index in [0.717, 1.165) is 4.90 Å². The zero-order valence-electron chi connectivity index (χ0n) is 20.0. The van der Waals surface area contributed by atoms with Crippen LogP contribution in [0.3, 0.4) is 0 Å². The lowest BCUT2D eigenvalue weighted by Crippen LogP contribution is -2.54. The number of hydrogen-bond donors (Lipinski definition) is 1. The molecule has 4 rings (SSSR count). The number of imide groups is 2. The fraction of sp³-hybridized carbons (Fsp3) is 0.115. The van der Waals surface area contributed by atoms with E-state index in [4.69, 9.17) is 21.1 Å². The number of benzene rings is 3. The molecule has 1 saturated heterocycles. The first-order chi connectivity index (χ1) is 18.1. The van der Waals surface area contributed by atoms with Gasteiger partial charge in [0.1, 0.15) is 12.2 Å². The minimum atomic E-state index is -0.871. The molecule has 1 aliphatic rings. The van der Waals surface area contributed by atoms with Gasteiger partial charge in [0.05, 0.1) is 21.3 Å². The number of carbonyl (C=O) groups is 3. The number of nitrogens with zero attached hydrogens (tertiary/aromatic N) is 2. The van der Waals surface area contributed by atoms with Crippen molar-refractivity contribution < 1.29 is 28.8 Å². The summed E-state index contributed by atoms with van der Waals surface area (Å²) >= 11 is 8.20. The quantitative estimate of drug-likeness (QED) is 0.119. The predicted octanol–water partition coefficient (Wildman–Crippen LogP) is 5.42. The molecule has 0 unspecified atom stereocenters. The van der Waals surface area contributed by atoms with Gasteiger partial charge < -0.3 is 9.47 Å². The van der Waals surface area contributed by atoms with Gasteiger partial charge in [-0.25, -0.2) is 9.69 Å². The molecule has 0 atom stereocenters. The summed E-state index contributed by atoms with van der Waals surface area (Å²) in [6.45, 7) is 1.79. The fourth-order valence-corrected chi connectivity index (χ4v) is 4.66. The smallest absolute Gasteiger partial charge is 0.335 e. The zero-order valence-corrected chi connectivity index (χ0v) is 22.9. The lowest BCUT2D eigenvalue weighted by molar-refractivity contribution is -0.384. The number of methoxy groups -OCH3 is 1. The Balaban J connectivity index is 1.63. The average molecular weight is 648 g/mol. The van der Waals surface area contributed by atoms with Crippen LogP contribution in [0.1, 0.15) is 16.7 Å². The van der Waals surface area contributed by atoms with E-state index in [1.54, 1.807) is 49.4 Å². The number of hydrogen-bond acceptors (Lipinski definition) is 7. The number of nitrogens with one attached hydrogen (secondary N) is 1. The number of ether oxygens (including phenoxy) is 2. The largest absolute Gasteiger partial charge is 0.493 e. The topological polar surface area (TPSA) is 128 Å². The van der Waals surface area contributed by atoms with Crippen molar-refractivity contribution in [2.24, 2.45) is 0 Å². The summed E-state index contributed by atoms with van der Waals surface area (Å²) in [6, 6.07) is 13.2. The van der Waals surface area contributed by atoms with Crippen molar-refractivity contribution in [1.29, 1.82) is 0 Å². The second-order valence-electron chi connectivity index (χ2n) is 8.09. The van der Waals surface area contributed by atoms with E-state index in [2.05, 4.69) is 5.32 Å². The maximum Gasteiger partial charge on any atom is 0.335 e. The van der Waals surface area contributed by atoms with Gasteiger partial charge in [0, 0.05) is 17.2 Å². The number of carbonyl (C=O) groups excluding carboxylic acids is 3. The van der Waals surface area contributed by atoms with Crippen molar-refractivity contribution in [2.45, 2.75) is 13.5 Å². The summed E-state index contributed by atoms with van der Waals surface area (Å²) in [5, 5.41) is 13.4. The Labute approximate surface area is 235 Å². The highest BCUT2D eigenvalue weighted by molar-refractivity contribution is 14.1. The first-order valence-corrected chi connectivity index (χ1v) is 12.5. The van der Waals surface area contributed by atoms with Crippen LogP contribution in [0.5, 0.6) is 11.5 Å². The molecule has 0 bridgehead atoms. The number of halogens is 2. The number of nitro benzene ring substituents is 1. The monoisotopic (exact) mass is 647 g/mol. The summed E-state index contributed by atoms with van der Waals surface area (Å²) < 4.78 is 12.0. The van der Waals surface area contributed by atoms with Crippen molar-refractivity contribution >= 4 is 69.5 Å². The number of rotatable bonds is 7. The van der Waals surface area contributed by atoms with E-state index in [1.807, 2.05) is 22.6 Å². The third-order valence-electron chi connectivity index (χ3n) is 5.67. The molecule has 1 fully saturated rings. The Kier molecular flexibility index (Phi) is 7.97. The normalized spacial score (nSPS) is 14.5. The van der Waals surface area contributed by atoms with Crippen molar-refractivity contribution in [3.63, 3.8) is 0 Å². The molecular weight excluding hydrogens is 629 g/mol. The second kappa shape index (κ2) is 11.2. The number of barbiturate groups is 1. The van der Waals surface area contributed by atoms with Gasteiger partial charge in [0.25, 0.3) is 17.5 Å². The molecule has 0 spiro atoms. The van der Waals surface area contributed by atoms with Crippen molar-refractivity contribution in [2.75, 3.05) is 12.0 Å². The lowest BCUT2D eigenvalue weighted by atomic mass is 10.1. The minimum Gasteiger partial charge on any atom is -0.493 e. The summed E-state index contributed by atoms with van der Waals surface area (Å²) in [4.78, 5) is 49.7. The third kappa shape index (κ3) is 5.48. The van der Waals surface area contributed by atoms with E-state index >= 15 is 0 Å². The molecule has 1 aliphatic heterocycles. The maximum atomic E-state index is 13.3. The molecule has 0 saturated carbocycles. The predicted molar refractivity (Wildman–Crippen MR) is 148 cm³/mol. The molecule has 10 nitrogen and oxygen atoms in total. The van der Waals surface area contributed by atoms with E-state index in [-0.39, 0.29) is 23.6 Å². The lowest BCUT2D eigenvalue weighted by Gasteiger charge is -2.27. The van der Waals surface area contributed by atoms with Crippen LogP contribution in [-0.4, -0.2) is 29.9 Å². The highest BCUT2D eigenvalue weighted by Crippen LogP contribution is 2.36. The number of urea groups is 1. The molecular formula is C26H19ClIN3O7. The highest BCUT2D eigenvalue weighted by atomic mass is 127. The van der Waals surface area contributed by atoms with Gasteiger partial charge in [-0.1, -0.05) is 17.7 Å². The highest BCUT2D eigenvalue weighted by Gasteiger charge is 2.37. The van der Waals surface area contributed by atoms with Crippen LogP contribution in [0.2, 0.25) is 5.02 Å². The Morgan fingerprint density at radius 2 is 1.84 bits per heavy atom. The number of amides is 4. The summed E-state index contributed by atoms with van der Waals surface area (Å²) in [5.74, 6) is -0.868.